The van der Waals surface area contributed by atoms with Crippen molar-refractivity contribution >= 4 is 11.6 Å². The van der Waals surface area contributed by atoms with Gasteiger partial charge in [-0.25, -0.2) is 0 Å². The van der Waals surface area contributed by atoms with Crippen molar-refractivity contribution in [3.63, 3.8) is 0 Å². The van der Waals surface area contributed by atoms with Crippen LogP contribution in [0.15, 0.2) is 29.3 Å². The van der Waals surface area contributed by atoms with Gasteiger partial charge in [-0.15, -0.1) is 0 Å². The van der Waals surface area contributed by atoms with E-state index in [1.807, 2.05) is 24.3 Å². The van der Waals surface area contributed by atoms with Gasteiger partial charge in [0, 0.05) is 24.3 Å². The van der Waals surface area contributed by atoms with E-state index in [0.29, 0.717) is 6.54 Å². The van der Waals surface area contributed by atoms with Crippen LogP contribution in [0.4, 0.5) is 5.69 Å². The molecular formula is C16H26N4O2. The normalized spacial score (nSPS) is 15.9. The molecule has 1 aliphatic rings. The fourth-order valence-corrected chi connectivity index (χ4v) is 1.93. The van der Waals surface area contributed by atoms with Crippen LogP contribution in [-0.2, 0) is 0 Å². The number of aliphatic imine (C=N–C) groups is 1. The highest BCUT2D eigenvalue weighted by Crippen LogP contribution is 2.16. The zero-order valence-corrected chi connectivity index (χ0v) is 13.5. The molecule has 0 fully saturated rings. The van der Waals surface area contributed by atoms with Gasteiger partial charge in [-0.1, -0.05) is 0 Å². The Balaban J connectivity index is 1.74. The first-order valence-corrected chi connectivity index (χ1v) is 7.64. The number of anilines is 1. The van der Waals surface area contributed by atoms with E-state index in [9.17, 15) is 5.11 Å². The van der Waals surface area contributed by atoms with E-state index in [2.05, 4.69) is 41.7 Å². The van der Waals surface area contributed by atoms with Gasteiger partial charge in [0.25, 0.3) is 0 Å². The summed E-state index contributed by atoms with van der Waals surface area (Å²) in [5, 5.41) is 19.5. The van der Waals surface area contributed by atoms with Crippen LogP contribution in [0.5, 0.6) is 5.75 Å². The lowest BCUT2D eigenvalue weighted by molar-refractivity contribution is 0.100. The summed E-state index contributed by atoms with van der Waals surface area (Å²) in [4.78, 5) is 4.28. The highest BCUT2D eigenvalue weighted by molar-refractivity contribution is 5.94. The van der Waals surface area contributed by atoms with E-state index >= 15 is 0 Å². The van der Waals surface area contributed by atoms with Crippen molar-refractivity contribution in [1.29, 1.82) is 0 Å². The topological polar surface area (TPSA) is 77.9 Å². The number of aliphatic hydroxyl groups is 1. The van der Waals surface area contributed by atoms with Gasteiger partial charge in [0.2, 0.25) is 0 Å². The van der Waals surface area contributed by atoms with E-state index in [-0.39, 0.29) is 12.1 Å². The average Bonchev–Trinajstić information content (AvgIpc) is 2.96. The van der Waals surface area contributed by atoms with Gasteiger partial charge in [-0.2, -0.15) is 0 Å². The number of aliphatic hydroxyl groups excluding tert-OH is 1. The van der Waals surface area contributed by atoms with Crippen LogP contribution in [0, 0.1) is 0 Å². The molecule has 1 heterocycles. The molecule has 122 valence electrons. The number of nitrogens with one attached hydrogen (secondary N) is 3. The third-order valence-electron chi connectivity index (χ3n) is 3.10. The lowest BCUT2D eigenvalue weighted by Gasteiger charge is -2.23. The molecule has 0 bridgehead atoms. The van der Waals surface area contributed by atoms with Crippen molar-refractivity contribution in [1.82, 2.24) is 10.6 Å². The standard InChI is InChI=1S/C16H26N4O2/c1-16(2,3)19-10-13(21)11-22-14-6-4-12(5-7-14)20-15-17-8-9-18-15/h4-7,13,19,21H,8-11H2,1-3H3,(H2,17,18,20). The van der Waals surface area contributed by atoms with Crippen molar-refractivity contribution in [3.8, 4) is 5.75 Å². The molecule has 1 aromatic carbocycles. The fraction of sp³-hybridized carbons (Fsp3) is 0.562. The molecule has 2 rings (SSSR count). The number of ether oxygens (including phenoxy) is 1. The quantitative estimate of drug-likeness (QED) is 0.635. The molecule has 22 heavy (non-hydrogen) atoms. The average molecular weight is 306 g/mol. The first-order chi connectivity index (χ1) is 10.4. The Hall–Kier alpha value is -1.79. The minimum absolute atomic E-state index is 0.00864. The Bertz CT molecular complexity index is 494. The van der Waals surface area contributed by atoms with Crippen molar-refractivity contribution in [2.75, 3.05) is 31.6 Å². The van der Waals surface area contributed by atoms with Crippen molar-refractivity contribution < 1.29 is 9.84 Å². The predicted octanol–water partition coefficient (Wildman–Crippen LogP) is 1.19. The number of benzene rings is 1. The van der Waals surface area contributed by atoms with Crippen molar-refractivity contribution in [2.45, 2.75) is 32.4 Å². The second-order valence-corrected chi connectivity index (χ2v) is 6.40. The molecule has 0 aliphatic carbocycles. The maximum atomic E-state index is 9.89. The number of nitrogens with zero attached hydrogens (tertiary/aromatic N) is 1. The van der Waals surface area contributed by atoms with Gasteiger partial charge >= 0.3 is 0 Å². The van der Waals surface area contributed by atoms with Crippen LogP contribution in [0.1, 0.15) is 20.8 Å². The molecule has 6 nitrogen and oxygen atoms in total. The molecule has 0 amide bonds. The largest absolute Gasteiger partial charge is 0.491 e. The van der Waals surface area contributed by atoms with Crippen molar-refractivity contribution in [2.24, 2.45) is 4.99 Å². The van der Waals surface area contributed by atoms with Crippen LogP contribution < -0.4 is 20.7 Å². The third-order valence-corrected chi connectivity index (χ3v) is 3.10. The Kier molecular flexibility index (Phi) is 5.63. The fourth-order valence-electron chi connectivity index (χ4n) is 1.93. The molecule has 0 spiro atoms. The zero-order valence-electron chi connectivity index (χ0n) is 13.5. The monoisotopic (exact) mass is 306 g/mol. The molecule has 0 saturated heterocycles. The molecular weight excluding hydrogens is 280 g/mol. The van der Waals surface area contributed by atoms with E-state index in [1.165, 1.54) is 0 Å². The van der Waals surface area contributed by atoms with Gasteiger partial charge in [0.15, 0.2) is 5.96 Å². The molecule has 1 atom stereocenters. The van der Waals surface area contributed by atoms with Crippen LogP contribution >= 0.6 is 0 Å². The van der Waals surface area contributed by atoms with E-state index < -0.39 is 6.10 Å². The summed E-state index contributed by atoms with van der Waals surface area (Å²) < 4.78 is 5.59. The first kappa shape index (κ1) is 16.6. The Morgan fingerprint density at radius 1 is 1.32 bits per heavy atom. The van der Waals surface area contributed by atoms with Gasteiger partial charge in [-0.05, 0) is 45.0 Å². The molecule has 1 aromatic rings. The van der Waals surface area contributed by atoms with Crippen LogP contribution in [0.3, 0.4) is 0 Å². The van der Waals surface area contributed by atoms with Crippen molar-refractivity contribution in [3.05, 3.63) is 24.3 Å². The predicted molar refractivity (Wildman–Crippen MR) is 89.6 cm³/mol. The van der Waals surface area contributed by atoms with Crippen LogP contribution in [0.25, 0.3) is 0 Å². The van der Waals surface area contributed by atoms with Crippen LogP contribution in [-0.4, -0.2) is 49.0 Å². The molecule has 6 heteroatoms. The number of rotatable bonds is 6. The number of β-amino-alcohol motifs (C(OH)–C–C–N with tert-alkyl or cyclic N) is 1. The Morgan fingerprint density at radius 2 is 2.05 bits per heavy atom. The summed E-state index contributed by atoms with van der Waals surface area (Å²) in [5.41, 5.74) is 0.945. The number of hydrogen-bond donors (Lipinski definition) is 4. The van der Waals surface area contributed by atoms with E-state index in [1.54, 1.807) is 0 Å². The van der Waals surface area contributed by atoms with E-state index in [4.69, 9.17) is 4.74 Å². The van der Waals surface area contributed by atoms with Crippen LogP contribution in [0.2, 0.25) is 0 Å². The summed E-state index contributed by atoms with van der Waals surface area (Å²) >= 11 is 0. The SMILES string of the molecule is CC(C)(C)NCC(O)COc1ccc(NC2=NCCN2)cc1. The zero-order chi connectivity index (χ0) is 16.0. The van der Waals surface area contributed by atoms with Gasteiger partial charge in [-0.3, -0.25) is 4.99 Å². The second kappa shape index (κ2) is 7.47. The van der Waals surface area contributed by atoms with E-state index in [0.717, 1.165) is 30.5 Å². The summed E-state index contributed by atoms with van der Waals surface area (Å²) in [7, 11) is 0. The summed E-state index contributed by atoms with van der Waals surface area (Å²) in [6.07, 6.45) is -0.533. The molecule has 0 radical (unpaired) electrons. The van der Waals surface area contributed by atoms with Gasteiger partial charge < -0.3 is 25.8 Å². The number of guanidine groups is 1. The highest BCUT2D eigenvalue weighted by atomic mass is 16.5. The molecule has 0 aromatic heterocycles. The molecule has 4 N–H and O–H groups in total. The van der Waals surface area contributed by atoms with Gasteiger partial charge in [0.05, 0.1) is 6.54 Å². The number of hydrogen-bond acceptors (Lipinski definition) is 6. The third kappa shape index (κ3) is 5.91. The summed E-state index contributed by atoms with van der Waals surface area (Å²) in [6.45, 7) is 8.66. The summed E-state index contributed by atoms with van der Waals surface area (Å²) in [6, 6.07) is 7.61. The molecule has 1 unspecified atom stereocenters. The first-order valence-electron chi connectivity index (χ1n) is 7.64. The Labute approximate surface area is 132 Å². The lowest BCUT2D eigenvalue weighted by atomic mass is 10.1. The molecule has 0 saturated carbocycles. The minimum Gasteiger partial charge on any atom is -0.491 e. The lowest BCUT2D eigenvalue weighted by Crippen LogP contribution is -2.42. The smallest absolute Gasteiger partial charge is 0.195 e. The maximum absolute atomic E-state index is 9.89. The second-order valence-electron chi connectivity index (χ2n) is 6.40. The highest BCUT2D eigenvalue weighted by Gasteiger charge is 2.12. The maximum Gasteiger partial charge on any atom is 0.195 e. The Morgan fingerprint density at radius 3 is 2.64 bits per heavy atom. The van der Waals surface area contributed by atoms with Gasteiger partial charge in [0.1, 0.15) is 18.5 Å². The summed E-state index contributed by atoms with van der Waals surface area (Å²) in [5.74, 6) is 1.54. The molecule has 1 aliphatic heterocycles. The minimum atomic E-state index is -0.533.